The molecule has 42 heavy (non-hydrogen) atoms. The molecule has 2 aromatic rings. The first-order chi connectivity index (χ1) is 20.1. The van der Waals surface area contributed by atoms with Gasteiger partial charge in [0.15, 0.2) is 12.2 Å². The Balaban J connectivity index is 0.000000230. The van der Waals surface area contributed by atoms with Crippen LogP contribution < -0.4 is 0 Å². The van der Waals surface area contributed by atoms with Crippen LogP contribution in [-0.2, 0) is 32.4 Å². The zero-order valence-electron chi connectivity index (χ0n) is 23.6. The standard InChI is InChI=1S/C16H19NO4.C15H17NO5/c1-4-11(2)16-15(18)14(17(19)21-16)12(3)20-10-13-8-6-5-7-9-13;1-3-12(17)15-14(18)13(16(19)21-15)10(2)20-9-11-7-5-4-6-8-11/h1,5-9,11-12,15-16,18H,10H2,2-3H3;1,4-8,10,12,14-15,17-18H,9H2,2H3/t11-,12-,15-,16-;10-,12-,14-,15-/m11/s1. The fraction of sp³-hybridized carbons (Fsp3) is 0.419. The van der Waals surface area contributed by atoms with Gasteiger partial charge in [0.05, 0.1) is 13.2 Å². The SMILES string of the molecule is C#C[C@@H](C)[C@H]1O[N+]([O-])=C([C@@H](C)OCc2ccccc2)[C@H]1O.C#C[C@@H](O)[C@H]1O[N+]([O-])=C([C@@H](C)OCc2ccccc2)[C@H]1O. The molecule has 0 saturated carbocycles. The van der Waals surface area contributed by atoms with Gasteiger partial charge in [-0.2, -0.15) is 0 Å². The molecule has 0 saturated heterocycles. The molecule has 2 aliphatic heterocycles. The molecule has 3 N–H and O–H groups in total. The molecule has 0 radical (unpaired) electrons. The van der Waals surface area contributed by atoms with Gasteiger partial charge in [0.2, 0.25) is 0 Å². The minimum absolute atomic E-state index is 0.00905. The maximum absolute atomic E-state index is 11.8. The van der Waals surface area contributed by atoms with Crippen LogP contribution in [0, 0.1) is 41.0 Å². The fourth-order valence-corrected chi connectivity index (χ4v) is 4.33. The summed E-state index contributed by atoms with van der Waals surface area (Å²) in [6.45, 7) is 5.69. The molecule has 0 aliphatic carbocycles. The first kappa shape index (κ1) is 32.4. The van der Waals surface area contributed by atoms with E-state index in [9.17, 15) is 25.7 Å². The molecule has 0 aromatic heterocycles. The van der Waals surface area contributed by atoms with Crippen molar-refractivity contribution in [2.24, 2.45) is 5.92 Å². The normalized spacial score (nSPS) is 24.3. The molecular formula is C31H36N2O9. The summed E-state index contributed by atoms with van der Waals surface area (Å²) in [5.41, 5.74) is 2.07. The molecule has 0 spiro atoms. The number of terminal acetylenes is 2. The van der Waals surface area contributed by atoms with Crippen LogP contribution in [0.3, 0.4) is 0 Å². The van der Waals surface area contributed by atoms with Gasteiger partial charge in [-0.3, -0.25) is 10.4 Å². The van der Waals surface area contributed by atoms with Gasteiger partial charge >= 0.3 is 0 Å². The Morgan fingerprint density at radius 3 is 1.57 bits per heavy atom. The maximum atomic E-state index is 11.8. The Morgan fingerprint density at radius 2 is 1.17 bits per heavy atom. The van der Waals surface area contributed by atoms with Crippen molar-refractivity contribution < 1.29 is 44.3 Å². The second kappa shape index (κ2) is 15.2. The van der Waals surface area contributed by atoms with Crippen molar-refractivity contribution in [2.45, 2.75) is 76.7 Å². The summed E-state index contributed by atoms with van der Waals surface area (Å²) < 4.78 is 11.2. The van der Waals surface area contributed by atoms with E-state index in [0.29, 0.717) is 11.5 Å². The lowest BCUT2D eigenvalue weighted by Crippen LogP contribution is -2.41. The molecule has 11 heteroatoms. The quantitative estimate of drug-likeness (QED) is 0.282. The third-order valence-electron chi connectivity index (χ3n) is 6.84. The molecule has 2 heterocycles. The zero-order valence-corrected chi connectivity index (χ0v) is 23.6. The van der Waals surface area contributed by atoms with E-state index in [4.69, 9.17) is 32.0 Å². The van der Waals surface area contributed by atoms with Crippen molar-refractivity contribution >= 4 is 11.4 Å². The smallest absolute Gasteiger partial charge is 0.279 e. The molecule has 0 amide bonds. The van der Waals surface area contributed by atoms with Gasteiger partial charge in [-0.1, -0.05) is 66.6 Å². The average molecular weight is 581 g/mol. The van der Waals surface area contributed by atoms with Crippen molar-refractivity contribution in [1.29, 1.82) is 0 Å². The molecule has 4 rings (SSSR count). The predicted octanol–water partition coefficient (Wildman–Crippen LogP) is 1.70. The molecule has 0 bridgehead atoms. The van der Waals surface area contributed by atoms with Crippen molar-refractivity contribution in [3.63, 3.8) is 0 Å². The van der Waals surface area contributed by atoms with Crippen LogP contribution in [0.2, 0.25) is 0 Å². The number of rotatable bonds is 10. The topological polar surface area (TPSA) is 150 Å². The van der Waals surface area contributed by atoms with E-state index in [1.165, 1.54) is 0 Å². The highest BCUT2D eigenvalue weighted by Crippen LogP contribution is 2.22. The number of aliphatic hydroxyl groups is 3. The number of aliphatic hydroxyl groups excluding tert-OH is 3. The Morgan fingerprint density at radius 1 is 0.762 bits per heavy atom. The summed E-state index contributed by atoms with van der Waals surface area (Å²) in [4.78, 5) is 10.4. The number of nitrogens with zero attached hydrogens (tertiary/aromatic N) is 2. The molecule has 0 fully saturated rings. The van der Waals surface area contributed by atoms with E-state index in [-0.39, 0.29) is 28.9 Å². The third kappa shape index (κ3) is 8.01. The fourth-order valence-electron chi connectivity index (χ4n) is 4.33. The van der Waals surface area contributed by atoms with Gasteiger partial charge in [-0.25, -0.2) is 0 Å². The largest absolute Gasteiger partial charge is 0.395 e. The van der Waals surface area contributed by atoms with Crippen molar-refractivity contribution in [1.82, 2.24) is 0 Å². The highest BCUT2D eigenvalue weighted by molar-refractivity contribution is 5.89. The van der Waals surface area contributed by atoms with Gasteiger partial charge in [0.1, 0.15) is 30.5 Å². The summed E-state index contributed by atoms with van der Waals surface area (Å²) in [6.07, 6.45) is 3.51. The summed E-state index contributed by atoms with van der Waals surface area (Å²) in [6, 6.07) is 19.0. The summed E-state index contributed by atoms with van der Waals surface area (Å²) in [5, 5.41) is 53.3. The molecule has 2 aliphatic rings. The third-order valence-corrected chi connectivity index (χ3v) is 6.84. The molecular weight excluding hydrogens is 544 g/mol. The zero-order chi connectivity index (χ0) is 30.8. The van der Waals surface area contributed by atoms with Gasteiger partial charge in [0.25, 0.3) is 11.4 Å². The number of benzene rings is 2. The van der Waals surface area contributed by atoms with E-state index in [1.807, 2.05) is 66.6 Å². The lowest BCUT2D eigenvalue weighted by atomic mass is 9.96. The number of ether oxygens (including phenoxy) is 2. The van der Waals surface area contributed by atoms with Crippen LogP contribution in [0.25, 0.3) is 0 Å². The average Bonchev–Trinajstić information content (AvgIpc) is 3.48. The van der Waals surface area contributed by atoms with Gasteiger partial charge in [-0.05, 0) is 31.9 Å². The molecule has 2 aromatic carbocycles. The van der Waals surface area contributed by atoms with Crippen molar-refractivity contribution in [3.05, 3.63) is 82.2 Å². The first-order valence-corrected chi connectivity index (χ1v) is 13.4. The van der Waals surface area contributed by atoms with Crippen LogP contribution in [0.1, 0.15) is 31.9 Å². The Labute approximate surface area is 245 Å². The minimum atomic E-state index is -1.37. The van der Waals surface area contributed by atoms with Crippen molar-refractivity contribution in [3.8, 4) is 24.7 Å². The summed E-state index contributed by atoms with van der Waals surface area (Å²) in [7, 11) is 0. The lowest BCUT2D eigenvalue weighted by molar-refractivity contribution is -0.743. The van der Waals surface area contributed by atoms with Gasteiger partial charge < -0.3 is 34.5 Å². The predicted molar refractivity (Wildman–Crippen MR) is 153 cm³/mol. The van der Waals surface area contributed by atoms with E-state index in [2.05, 4.69) is 5.92 Å². The molecule has 8 atom stereocenters. The Hall–Kier alpha value is -4.10. The van der Waals surface area contributed by atoms with Crippen LogP contribution in [-0.4, -0.2) is 79.3 Å². The highest BCUT2D eigenvalue weighted by Gasteiger charge is 2.45. The summed E-state index contributed by atoms with van der Waals surface area (Å²) >= 11 is 0. The monoisotopic (exact) mass is 580 g/mol. The van der Waals surface area contributed by atoms with E-state index >= 15 is 0 Å². The van der Waals surface area contributed by atoms with Crippen LogP contribution in [0.15, 0.2) is 60.7 Å². The first-order valence-electron chi connectivity index (χ1n) is 13.4. The van der Waals surface area contributed by atoms with Crippen LogP contribution in [0.5, 0.6) is 0 Å². The molecule has 11 nitrogen and oxygen atoms in total. The van der Waals surface area contributed by atoms with E-state index in [1.54, 1.807) is 20.8 Å². The number of hydrogen-bond donors (Lipinski definition) is 3. The van der Waals surface area contributed by atoms with Crippen LogP contribution >= 0.6 is 0 Å². The van der Waals surface area contributed by atoms with Gasteiger partial charge in [0, 0.05) is 15.7 Å². The van der Waals surface area contributed by atoms with Crippen molar-refractivity contribution in [2.75, 3.05) is 0 Å². The second-order valence-corrected chi connectivity index (χ2v) is 9.84. The second-order valence-electron chi connectivity index (χ2n) is 9.84. The highest BCUT2D eigenvalue weighted by atomic mass is 16.9. The minimum Gasteiger partial charge on any atom is -0.395 e. The van der Waals surface area contributed by atoms with E-state index in [0.717, 1.165) is 11.1 Å². The Kier molecular flexibility index (Phi) is 11.7. The van der Waals surface area contributed by atoms with E-state index < -0.39 is 42.7 Å². The van der Waals surface area contributed by atoms with Gasteiger partial charge in [-0.15, -0.1) is 18.8 Å². The maximum Gasteiger partial charge on any atom is 0.279 e. The summed E-state index contributed by atoms with van der Waals surface area (Å²) in [5.74, 6) is 4.13. The lowest BCUT2D eigenvalue weighted by Gasteiger charge is -2.18. The van der Waals surface area contributed by atoms with Crippen LogP contribution in [0.4, 0.5) is 0 Å². The number of hydrogen-bond acceptors (Lipinski definition) is 9. The molecule has 0 unspecified atom stereocenters. The molecule has 224 valence electrons. The Bertz CT molecular complexity index is 1200.